The van der Waals surface area contributed by atoms with Crippen LogP contribution >= 0.6 is 0 Å². The van der Waals surface area contributed by atoms with Gasteiger partial charge in [0.15, 0.2) is 0 Å². The highest BCUT2D eigenvalue weighted by Gasteiger charge is 2.25. The van der Waals surface area contributed by atoms with Gasteiger partial charge >= 0.3 is 0 Å². The summed E-state index contributed by atoms with van der Waals surface area (Å²) >= 11 is 0. The fourth-order valence-electron chi connectivity index (χ4n) is 3.17. The molecule has 4 nitrogen and oxygen atoms in total. The number of carbonyl (C=O) groups is 2. The zero-order valence-corrected chi connectivity index (χ0v) is 17.3. The molecule has 2 rings (SSSR count). The zero-order chi connectivity index (χ0) is 20.4. The van der Waals surface area contributed by atoms with Crippen LogP contribution in [0.4, 0.5) is 0 Å². The lowest BCUT2D eigenvalue weighted by atomic mass is 10.1. The van der Waals surface area contributed by atoms with E-state index in [-0.39, 0.29) is 11.8 Å². The van der Waals surface area contributed by atoms with Crippen molar-refractivity contribution in [1.29, 1.82) is 0 Å². The Labute approximate surface area is 169 Å². The number of amides is 2. The highest BCUT2D eigenvalue weighted by atomic mass is 16.2. The molecule has 0 aliphatic heterocycles. The number of rotatable bonds is 10. The first-order valence-electron chi connectivity index (χ1n) is 10.2. The Balaban J connectivity index is 2.09. The summed E-state index contributed by atoms with van der Waals surface area (Å²) in [6, 6.07) is 17.6. The van der Waals surface area contributed by atoms with Crippen molar-refractivity contribution in [2.45, 2.75) is 59.0 Å². The van der Waals surface area contributed by atoms with Crippen molar-refractivity contribution in [3.05, 3.63) is 71.3 Å². The number of unbranched alkanes of at least 4 members (excludes halogenated alkanes) is 1. The molecule has 2 aromatic rings. The number of hydrogen-bond donors (Lipinski definition) is 1. The van der Waals surface area contributed by atoms with Crippen LogP contribution in [0.2, 0.25) is 0 Å². The molecule has 0 radical (unpaired) electrons. The Morgan fingerprint density at radius 3 is 2.43 bits per heavy atom. The molecule has 4 heteroatoms. The summed E-state index contributed by atoms with van der Waals surface area (Å²) in [6.07, 6.45) is 3.03. The second-order valence-corrected chi connectivity index (χ2v) is 7.32. The molecule has 2 aromatic carbocycles. The van der Waals surface area contributed by atoms with Crippen molar-refractivity contribution < 1.29 is 9.59 Å². The van der Waals surface area contributed by atoms with Crippen molar-refractivity contribution in [2.24, 2.45) is 0 Å². The summed E-state index contributed by atoms with van der Waals surface area (Å²) in [6.45, 7) is 7.03. The number of carbonyl (C=O) groups excluding carboxylic acids is 2. The molecule has 1 N–H and O–H groups in total. The molecular formula is C24H32N2O2. The highest BCUT2D eigenvalue weighted by molar-refractivity contribution is 5.87. The minimum absolute atomic E-state index is 0.00324. The van der Waals surface area contributed by atoms with Gasteiger partial charge in [-0.15, -0.1) is 0 Å². The van der Waals surface area contributed by atoms with E-state index < -0.39 is 6.04 Å². The van der Waals surface area contributed by atoms with E-state index in [0.717, 1.165) is 29.5 Å². The van der Waals surface area contributed by atoms with E-state index in [4.69, 9.17) is 0 Å². The van der Waals surface area contributed by atoms with E-state index in [1.54, 1.807) is 4.90 Å². The summed E-state index contributed by atoms with van der Waals surface area (Å²) in [5, 5.41) is 2.96. The highest BCUT2D eigenvalue weighted by Crippen LogP contribution is 2.14. The van der Waals surface area contributed by atoms with Gasteiger partial charge in [0.25, 0.3) is 0 Å². The van der Waals surface area contributed by atoms with Crippen molar-refractivity contribution in [3.8, 4) is 0 Å². The fourth-order valence-corrected chi connectivity index (χ4v) is 3.17. The van der Waals surface area contributed by atoms with Gasteiger partial charge in [0, 0.05) is 19.5 Å². The van der Waals surface area contributed by atoms with Crippen molar-refractivity contribution in [3.63, 3.8) is 0 Å². The molecule has 2 amide bonds. The van der Waals surface area contributed by atoms with Crippen molar-refractivity contribution in [1.82, 2.24) is 10.2 Å². The van der Waals surface area contributed by atoms with Crippen LogP contribution in [-0.2, 0) is 22.6 Å². The molecule has 1 atom stereocenters. The molecule has 0 bridgehead atoms. The van der Waals surface area contributed by atoms with Crippen LogP contribution in [-0.4, -0.2) is 29.3 Å². The van der Waals surface area contributed by atoms with E-state index in [0.29, 0.717) is 25.9 Å². The maximum Gasteiger partial charge on any atom is 0.242 e. The van der Waals surface area contributed by atoms with Crippen LogP contribution in [0, 0.1) is 6.92 Å². The first-order valence-corrected chi connectivity index (χ1v) is 10.2. The molecule has 0 heterocycles. The number of hydrogen-bond acceptors (Lipinski definition) is 2. The largest absolute Gasteiger partial charge is 0.354 e. The smallest absolute Gasteiger partial charge is 0.242 e. The SMILES string of the molecule is CCCCNC(=O)[C@H](C)N(Cc1cccc(C)c1)C(=O)CCc1ccccc1. The third-order valence-corrected chi connectivity index (χ3v) is 4.90. The van der Waals surface area contributed by atoms with Crippen LogP contribution < -0.4 is 5.32 Å². The maximum absolute atomic E-state index is 13.0. The molecule has 0 aliphatic carbocycles. The average Bonchev–Trinajstić information content (AvgIpc) is 2.70. The van der Waals surface area contributed by atoms with Crippen LogP contribution in [0.5, 0.6) is 0 Å². The minimum Gasteiger partial charge on any atom is -0.354 e. The van der Waals surface area contributed by atoms with Gasteiger partial charge in [-0.1, -0.05) is 73.5 Å². The Morgan fingerprint density at radius 2 is 1.75 bits per heavy atom. The summed E-state index contributed by atoms with van der Waals surface area (Å²) in [5.74, 6) is -0.0855. The third kappa shape index (κ3) is 6.84. The first kappa shape index (κ1) is 21.7. The Hall–Kier alpha value is -2.62. The predicted molar refractivity (Wildman–Crippen MR) is 114 cm³/mol. The molecule has 0 saturated heterocycles. The van der Waals surface area contributed by atoms with Crippen LogP contribution in [0.15, 0.2) is 54.6 Å². The lowest BCUT2D eigenvalue weighted by Crippen LogP contribution is -2.47. The van der Waals surface area contributed by atoms with Gasteiger partial charge in [0.05, 0.1) is 0 Å². The molecule has 0 spiro atoms. The molecule has 0 fully saturated rings. The lowest BCUT2D eigenvalue weighted by Gasteiger charge is -2.29. The zero-order valence-electron chi connectivity index (χ0n) is 17.3. The molecule has 0 aliphatic rings. The van der Waals surface area contributed by atoms with Gasteiger partial charge in [-0.25, -0.2) is 0 Å². The van der Waals surface area contributed by atoms with Crippen LogP contribution in [0.1, 0.15) is 49.8 Å². The van der Waals surface area contributed by atoms with Gasteiger partial charge in [-0.3, -0.25) is 9.59 Å². The number of nitrogens with zero attached hydrogens (tertiary/aromatic N) is 1. The summed E-state index contributed by atoms with van der Waals surface area (Å²) in [4.78, 5) is 27.3. The normalized spacial score (nSPS) is 11.7. The maximum atomic E-state index is 13.0. The summed E-state index contributed by atoms with van der Waals surface area (Å²) < 4.78 is 0. The Bertz CT molecular complexity index is 758. The predicted octanol–water partition coefficient (Wildman–Crippen LogP) is 4.26. The fraction of sp³-hybridized carbons (Fsp3) is 0.417. The van der Waals surface area contributed by atoms with E-state index >= 15 is 0 Å². The molecule has 0 unspecified atom stereocenters. The molecule has 0 aromatic heterocycles. The van der Waals surface area contributed by atoms with Gasteiger partial charge < -0.3 is 10.2 Å². The monoisotopic (exact) mass is 380 g/mol. The van der Waals surface area contributed by atoms with Gasteiger partial charge in [0.1, 0.15) is 6.04 Å². The first-order chi connectivity index (χ1) is 13.5. The van der Waals surface area contributed by atoms with E-state index in [1.165, 1.54) is 0 Å². The Kier molecular flexibility index (Phi) is 8.73. The summed E-state index contributed by atoms with van der Waals surface area (Å²) in [5.41, 5.74) is 3.32. The van der Waals surface area contributed by atoms with E-state index in [2.05, 4.69) is 18.3 Å². The molecule has 150 valence electrons. The topological polar surface area (TPSA) is 49.4 Å². The Morgan fingerprint density at radius 1 is 1.04 bits per heavy atom. The van der Waals surface area contributed by atoms with Gasteiger partial charge in [-0.05, 0) is 37.8 Å². The minimum atomic E-state index is -0.499. The number of benzene rings is 2. The lowest BCUT2D eigenvalue weighted by molar-refractivity contribution is -0.140. The third-order valence-electron chi connectivity index (χ3n) is 4.90. The average molecular weight is 381 g/mol. The molecule has 0 saturated carbocycles. The number of nitrogens with one attached hydrogen (secondary N) is 1. The van der Waals surface area contributed by atoms with Crippen molar-refractivity contribution >= 4 is 11.8 Å². The molecular weight excluding hydrogens is 348 g/mol. The van der Waals surface area contributed by atoms with Gasteiger partial charge in [-0.2, -0.15) is 0 Å². The standard InChI is InChI=1S/C24H32N2O2/c1-4-5-16-25-24(28)20(3)26(18-22-13-9-10-19(2)17-22)23(27)15-14-21-11-7-6-8-12-21/h6-13,17,20H,4-5,14-16,18H2,1-3H3,(H,25,28)/t20-/m0/s1. The number of aryl methyl sites for hydroxylation is 2. The van der Waals surface area contributed by atoms with Gasteiger partial charge in [0.2, 0.25) is 11.8 Å². The van der Waals surface area contributed by atoms with E-state index in [1.807, 2.05) is 62.4 Å². The second kappa shape index (κ2) is 11.3. The van der Waals surface area contributed by atoms with Crippen LogP contribution in [0.3, 0.4) is 0 Å². The second-order valence-electron chi connectivity index (χ2n) is 7.32. The van der Waals surface area contributed by atoms with Crippen LogP contribution in [0.25, 0.3) is 0 Å². The van der Waals surface area contributed by atoms with Crippen molar-refractivity contribution in [2.75, 3.05) is 6.54 Å². The van der Waals surface area contributed by atoms with E-state index in [9.17, 15) is 9.59 Å². The molecule has 28 heavy (non-hydrogen) atoms. The summed E-state index contributed by atoms with van der Waals surface area (Å²) in [7, 11) is 0. The quantitative estimate of drug-likeness (QED) is 0.626.